The highest BCUT2D eigenvalue weighted by atomic mass is 32.2. The lowest BCUT2D eigenvalue weighted by molar-refractivity contribution is -0.121. The first kappa shape index (κ1) is 12.2. The average molecular weight is 242 g/mol. The summed E-state index contributed by atoms with van der Waals surface area (Å²) < 4.78 is 0. The van der Waals surface area contributed by atoms with E-state index in [9.17, 15) is 4.79 Å². The highest BCUT2D eigenvalue weighted by Gasteiger charge is 2.27. The predicted octanol–water partition coefficient (Wildman–Crippen LogP) is 1.53. The predicted molar refractivity (Wildman–Crippen MR) is 68.7 cm³/mol. The van der Waals surface area contributed by atoms with Gasteiger partial charge in [0.25, 0.3) is 0 Å². The van der Waals surface area contributed by atoms with Gasteiger partial charge in [0.15, 0.2) is 0 Å². The molecule has 1 atom stereocenters. The van der Waals surface area contributed by atoms with Crippen molar-refractivity contribution in [3.63, 3.8) is 0 Å². The van der Waals surface area contributed by atoms with Crippen LogP contribution in [0.5, 0.6) is 0 Å². The molecule has 0 bridgehead atoms. The van der Waals surface area contributed by atoms with E-state index in [2.05, 4.69) is 10.6 Å². The third kappa shape index (κ3) is 3.14. The van der Waals surface area contributed by atoms with Gasteiger partial charge < -0.3 is 10.6 Å². The normalized spacial score (nSPS) is 34.9. The number of nitrogens with one attached hydrogen (secondary N) is 2. The summed E-state index contributed by atoms with van der Waals surface area (Å²) >= 11 is 1.82. The van der Waals surface area contributed by atoms with Crippen LogP contribution in [-0.2, 0) is 4.79 Å². The summed E-state index contributed by atoms with van der Waals surface area (Å²) in [6.45, 7) is 0. The van der Waals surface area contributed by atoms with E-state index in [4.69, 9.17) is 0 Å². The van der Waals surface area contributed by atoms with Crippen LogP contribution >= 0.6 is 11.8 Å². The summed E-state index contributed by atoms with van der Waals surface area (Å²) in [4.78, 5) is 11.9. The zero-order chi connectivity index (χ0) is 11.4. The first-order valence-corrected chi connectivity index (χ1v) is 7.43. The van der Waals surface area contributed by atoms with E-state index < -0.39 is 0 Å². The monoisotopic (exact) mass is 242 g/mol. The molecule has 0 radical (unpaired) electrons. The van der Waals surface area contributed by atoms with Crippen molar-refractivity contribution in [2.45, 2.75) is 55.9 Å². The number of thioether (sulfide) groups is 1. The molecule has 0 aromatic rings. The average Bonchev–Trinajstić information content (AvgIpc) is 2.83. The molecule has 1 unspecified atom stereocenters. The Balaban J connectivity index is 1.71. The Bertz CT molecular complexity index is 233. The summed E-state index contributed by atoms with van der Waals surface area (Å²) in [5.41, 5.74) is 0. The molecule has 2 N–H and O–H groups in total. The highest BCUT2D eigenvalue weighted by molar-refractivity contribution is 8.00. The molecule has 2 rings (SSSR count). The maximum Gasteiger partial charge on any atom is 0.233 e. The van der Waals surface area contributed by atoms with Crippen LogP contribution in [-0.4, -0.2) is 36.0 Å². The Morgan fingerprint density at radius 1 is 1.12 bits per heavy atom. The zero-order valence-corrected chi connectivity index (χ0v) is 10.8. The maximum absolute atomic E-state index is 11.9. The molecule has 4 heteroatoms. The van der Waals surface area contributed by atoms with Crippen molar-refractivity contribution in [3.8, 4) is 0 Å². The third-order valence-corrected chi connectivity index (χ3v) is 5.08. The Morgan fingerprint density at radius 3 is 2.38 bits per heavy atom. The molecule has 3 nitrogen and oxygen atoms in total. The highest BCUT2D eigenvalue weighted by Crippen LogP contribution is 2.27. The second kappa shape index (κ2) is 5.92. The zero-order valence-electron chi connectivity index (χ0n) is 10.00. The summed E-state index contributed by atoms with van der Waals surface area (Å²) in [6, 6.07) is 1.09. The Hall–Kier alpha value is -0.220. The second-order valence-corrected chi connectivity index (χ2v) is 6.16. The minimum atomic E-state index is 0.238. The number of carbonyl (C=O) groups excluding carboxylic acids is 1. The molecular weight excluding hydrogens is 220 g/mol. The van der Waals surface area contributed by atoms with Gasteiger partial charge in [0.2, 0.25) is 5.91 Å². The van der Waals surface area contributed by atoms with Crippen LogP contribution in [0.15, 0.2) is 0 Å². The van der Waals surface area contributed by atoms with Crippen molar-refractivity contribution in [3.05, 3.63) is 0 Å². The molecule has 2 aliphatic rings. The van der Waals surface area contributed by atoms with Crippen molar-refractivity contribution in [2.75, 3.05) is 12.8 Å². The minimum absolute atomic E-state index is 0.238. The van der Waals surface area contributed by atoms with Crippen molar-refractivity contribution in [1.29, 1.82) is 0 Å². The van der Waals surface area contributed by atoms with Crippen molar-refractivity contribution in [2.24, 2.45) is 0 Å². The van der Waals surface area contributed by atoms with E-state index in [1.54, 1.807) is 0 Å². The van der Waals surface area contributed by atoms with Crippen LogP contribution < -0.4 is 10.6 Å². The number of hydrogen-bond acceptors (Lipinski definition) is 3. The number of hydrogen-bond donors (Lipinski definition) is 2. The van der Waals surface area contributed by atoms with Gasteiger partial charge in [-0.3, -0.25) is 4.79 Å². The fourth-order valence-corrected chi connectivity index (χ4v) is 3.78. The number of carbonyl (C=O) groups is 1. The van der Waals surface area contributed by atoms with E-state index >= 15 is 0 Å². The van der Waals surface area contributed by atoms with Crippen molar-refractivity contribution >= 4 is 17.7 Å². The molecule has 1 heterocycles. The molecule has 0 aromatic carbocycles. The van der Waals surface area contributed by atoms with E-state index in [-0.39, 0.29) is 11.2 Å². The van der Waals surface area contributed by atoms with Crippen LogP contribution in [0.2, 0.25) is 0 Å². The van der Waals surface area contributed by atoms with Crippen molar-refractivity contribution in [1.82, 2.24) is 10.6 Å². The quantitative estimate of drug-likeness (QED) is 0.788. The van der Waals surface area contributed by atoms with Gasteiger partial charge in [-0.05, 0) is 51.3 Å². The molecule has 1 amide bonds. The van der Waals surface area contributed by atoms with Crippen LogP contribution in [0.4, 0.5) is 0 Å². The van der Waals surface area contributed by atoms with Crippen LogP contribution in [0, 0.1) is 0 Å². The standard InChI is InChI=1S/C12H22N2OS/c1-13-9-4-6-10(7-5-9)14-12(15)11-3-2-8-16-11/h9-11,13H,2-8H2,1H3,(H,14,15). The van der Waals surface area contributed by atoms with Crippen LogP contribution in [0.25, 0.3) is 0 Å². The minimum Gasteiger partial charge on any atom is -0.352 e. The fourth-order valence-electron chi connectivity index (χ4n) is 2.60. The van der Waals surface area contributed by atoms with Gasteiger partial charge in [0, 0.05) is 12.1 Å². The molecule has 16 heavy (non-hydrogen) atoms. The molecule has 0 aromatic heterocycles. The smallest absolute Gasteiger partial charge is 0.233 e. The van der Waals surface area contributed by atoms with E-state index in [1.807, 2.05) is 18.8 Å². The molecule has 1 aliphatic heterocycles. The number of rotatable bonds is 3. The summed E-state index contributed by atoms with van der Waals surface area (Å²) in [5.74, 6) is 1.44. The second-order valence-electron chi connectivity index (χ2n) is 4.85. The topological polar surface area (TPSA) is 41.1 Å². The van der Waals surface area contributed by atoms with Crippen LogP contribution in [0.3, 0.4) is 0 Å². The molecule has 0 spiro atoms. The summed E-state index contributed by atoms with van der Waals surface area (Å²) in [7, 11) is 2.03. The van der Waals surface area contributed by atoms with Gasteiger partial charge in [0.05, 0.1) is 5.25 Å². The SMILES string of the molecule is CNC1CCC(NC(=O)C2CCCS2)CC1. The van der Waals surface area contributed by atoms with E-state index in [0.29, 0.717) is 12.1 Å². The maximum atomic E-state index is 11.9. The lowest BCUT2D eigenvalue weighted by Crippen LogP contribution is -2.43. The molecule has 2 fully saturated rings. The first-order chi connectivity index (χ1) is 7.79. The summed E-state index contributed by atoms with van der Waals surface area (Å²) in [5, 5.41) is 6.77. The van der Waals surface area contributed by atoms with Gasteiger partial charge in [-0.25, -0.2) is 0 Å². The molecule has 1 saturated heterocycles. The first-order valence-electron chi connectivity index (χ1n) is 6.39. The molecule has 1 aliphatic carbocycles. The van der Waals surface area contributed by atoms with Gasteiger partial charge >= 0.3 is 0 Å². The third-order valence-electron chi connectivity index (χ3n) is 3.70. The van der Waals surface area contributed by atoms with Crippen LogP contribution in [0.1, 0.15) is 38.5 Å². The van der Waals surface area contributed by atoms with Gasteiger partial charge in [0.1, 0.15) is 0 Å². The Labute approximate surface area is 102 Å². The van der Waals surface area contributed by atoms with Crippen molar-refractivity contribution < 1.29 is 4.79 Å². The molecule has 92 valence electrons. The Morgan fingerprint density at radius 2 is 1.81 bits per heavy atom. The fraction of sp³-hybridized carbons (Fsp3) is 0.917. The van der Waals surface area contributed by atoms with Gasteiger partial charge in [-0.15, -0.1) is 11.8 Å². The van der Waals surface area contributed by atoms with Gasteiger partial charge in [-0.1, -0.05) is 0 Å². The van der Waals surface area contributed by atoms with Gasteiger partial charge in [-0.2, -0.15) is 0 Å². The lowest BCUT2D eigenvalue weighted by Gasteiger charge is -2.29. The Kier molecular flexibility index (Phi) is 4.53. The lowest BCUT2D eigenvalue weighted by atomic mass is 9.91. The van der Waals surface area contributed by atoms with E-state index in [0.717, 1.165) is 25.0 Å². The molecule has 1 saturated carbocycles. The number of amides is 1. The largest absolute Gasteiger partial charge is 0.352 e. The summed E-state index contributed by atoms with van der Waals surface area (Å²) in [6.07, 6.45) is 6.93. The molecular formula is C12H22N2OS. The van der Waals surface area contributed by atoms with E-state index in [1.165, 1.54) is 19.3 Å².